The van der Waals surface area contributed by atoms with Crippen molar-refractivity contribution in [3.05, 3.63) is 17.0 Å². The van der Waals surface area contributed by atoms with Gasteiger partial charge in [-0.1, -0.05) is 0 Å². The number of aryl methyl sites for hydroxylation is 2. The number of aromatic nitrogens is 2. The van der Waals surface area contributed by atoms with Crippen LogP contribution in [0.15, 0.2) is 0 Å². The molecule has 5 heteroatoms. The number of esters is 1. The molecule has 0 amide bonds. The zero-order valence-corrected chi connectivity index (χ0v) is 10.1. The summed E-state index contributed by atoms with van der Waals surface area (Å²) in [4.78, 5) is 11.1. The molecule has 1 aromatic rings. The lowest BCUT2D eigenvalue weighted by Gasteiger charge is -2.04. The van der Waals surface area contributed by atoms with Crippen molar-refractivity contribution in [2.24, 2.45) is 0 Å². The number of rotatable bonds is 6. The van der Waals surface area contributed by atoms with E-state index in [4.69, 9.17) is 4.74 Å². The van der Waals surface area contributed by atoms with Crippen molar-refractivity contribution in [1.29, 1.82) is 0 Å². The molecule has 1 rings (SSSR count). The highest BCUT2D eigenvalue weighted by molar-refractivity contribution is 5.69. The van der Waals surface area contributed by atoms with Gasteiger partial charge in [0.2, 0.25) is 0 Å². The van der Waals surface area contributed by atoms with Crippen LogP contribution in [0.25, 0.3) is 0 Å². The van der Waals surface area contributed by atoms with Crippen LogP contribution in [0, 0.1) is 13.8 Å². The van der Waals surface area contributed by atoms with E-state index in [2.05, 4.69) is 15.5 Å². The first kappa shape index (κ1) is 12.7. The van der Waals surface area contributed by atoms with Gasteiger partial charge >= 0.3 is 5.97 Å². The van der Waals surface area contributed by atoms with Gasteiger partial charge < -0.3 is 10.1 Å². The Hall–Kier alpha value is -1.36. The van der Waals surface area contributed by atoms with E-state index in [0.29, 0.717) is 19.6 Å². The van der Waals surface area contributed by atoms with Crippen molar-refractivity contribution in [3.8, 4) is 0 Å². The first-order valence-corrected chi connectivity index (χ1v) is 5.52. The summed E-state index contributed by atoms with van der Waals surface area (Å²) in [6.07, 6.45) is 0.407. The number of aromatic amines is 1. The summed E-state index contributed by atoms with van der Waals surface area (Å²) in [5, 5.41) is 10.2. The summed E-state index contributed by atoms with van der Waals surface area (Å²) in [5.41, 5.74) is 3.24. The molecule has 90 valence electrons. The van der Waals surface area contributed by atoms with E-state index in [0.717, 1.165) is 17.9 Å². The molecule has 2 N–H and O–H groups in total. The molecular weight excluding hydrogens is 206 g/mol. The summed E-state index contributed by atoms with van der Waals surface area (Å²) in [5.74, 6) is -0.157. The van der Waals surface area contributed by atoms with Crippen LogP contribution in [-0.2, 0) is 16.1 Å². The topological polar surface area (TPSA) is 67.0 Å². The van der Waals surface area contributed by atoms with E-state index < -0.39 is 0 Å². The molecule has 0 bridgehead atoms. The summed E-state index contributed by atoms with van der Waals surface area (Å²) in [6.45, 7) is 7.56. The summed E-state index contributed by atoms with van der Waals surface area (Å²) in [7, 11) is 0. The molecule has 1 heterocycles. The quantitative estimate of drug-likeness (QED) is 0.561. The van der Waals surface area contributed by atoms with Crippen LogP contribution < -0.4 is 5.32 Å². The normalized spacial score (nSPS) is 10.4. The molecule has 0 aliphatic rings. The average molecular weight is 225 g/mol. The second-order valence-electron chi connectivity index (χ2n) is 3.64. The molecule has 0 saturated heterocycles. The van der Waals surface area contributed by atoms with Gasteiger partial charge in [-0.15, -0.1) is 0 Å². The standard InChI is InChI=1S/C11H19N3O2/c1-4-16-11(15)5-6-12-7-10-8(2)13-14-9(10)3/h12H,4-7H2,1-3H3,(H,13,14). The molecule has 0 aliphatic carbocycles. The van der Waals surface area contributed by atoms with Gasteiger partial charge in [0, 0.05) is 24.3 Å². The molecular formula is C11H19N3O2. The number of H-pyrrole nitrogens is 1. The van der Waals surface area contributed by atoms with E-state index >= 15 is 0 Å². The first-order chi connectivity index (χ1) is 7.65. The molecule has 16 heavy (non-hydrogen) atoms. The fraction of sp³-hybridized carbons (Fsp3) is 0.636. The fourth-order valence-corrected chi connectivity index (χ4v) is 1.47. The highest BCUT2D eigenvalue weighted by Crippen LogP contribution is 2.08. The van der Waals surface area contributed by atoms with Gasteiger partial charge in [0.1, 0.15) is 0 Å². The second-order valence-corrected chi connectivity index (χ2v) is 3.64. The molecule has 0 aliphatic heterocycles. The van der Waals surface area contributed by atoms with Gasteiger partial charge in [0.25, 0.3) is 0 Å². The number of carbonyl (C=O) groups is 1. The predicted molar refractivity (Wildman–Crippen MR) is 61.0 cm³/mol. The maximum absolute atomic E-state index is 11.1. The number of nitrogens with zero attached hydrogens (tertiary/aromatic N) is 1. The van der Waals surface area contributed by atoms with Crippen molar-refractivity contribution in [2.45, 2.75) is 33.7 Å². The van der Waals surface area contributed by atoms with Crippen LogP contribution in [0.3, 0.4) is 0 Å². The highest BCUT2D eigenvalue weighted by atomic mass is 16.5. The van der Waals surface area contributed by atoms with Crippen LogP contribution in [0.4, 0.5) is 0 Å². The Kier molecular flexibility index (Phi) is 4.98. The molecule has 0 atom stereocenters. The third-order valence-electron chi connectivity index (χ3n) is 2.39. The van der Waals surface area contributed by atoms with Gasteiger partial charge in [-0.05, 0) is 20.8 Å². The summed E-state index contributed by atoms with van der Waals surface area (Å²) >= 11 is 0. The Bertz CT molecular complexity index is 327. The van der Waals surface area contributed by atoms with Crippen molar-refractivity contribution in [2.75, 3.05) is 13.2 Å². The SMILES string of the molecule is CCOC(=O)CCNCc1c(C)n[nH]c1C. The van der Waals surface area contributed by atoms with Crippen LogP contribution >= 0.6 is 0 Å². The van der Waals surface area contributed by atoms with Crippen LogP contribution in [0.2, 0.25) is 0 Å². The zero-order valence-electron chi connectivity index (χ0n) is 10.1. The lowest BCUT2D eigenvalue weighted by atomic mass is 10.2. The summed E-state index contributed by atoms with van der Waals surface area (Å²) in [6, 6.07) is 0. The monoisotopic (exact) mass is 225 g/mol. The van der Waals surface area contributed by atoms with E-state index in [1.54, 1.807) is 0 Å². The van der Waals surface area contributed by atoms with E-state index in [1.807, 2.05) is 20.8 Å². The predicted octanol–water partition coefficient (Wildman–Crippen LogP) is 1.07. The van der Waals surface area contributed by atoms with E-state index in [-0.39, 0.29) is 5.97 Å². The molecule has 0 fully saturated rings. The maximum atomic E-state index is 11.1. The van der Waals surface area contributed by atoms with E-state index in [1.165, 1.54) is 5.56 Å². The van der Waals surface area contributed by atoms with Crippen molar-refractivity contribution >= 4 is 5.97 Å². The Morgan fingerprint density at radius 3 is 2.81 bits per heavy atom. The van der Waals surface area contributed by atoms with Gasteiger partial charge in [0.15, 0.2) is 0 Å². The van der Waals surface area contributed by atoms with Gasteiger partial charge in [-0.2, -0.15) is 5.10 Å². The molecule has 0 radical (unpaired) electrons. The number of nitrogens with one attached hydrogen (secondary N) is 2. The second kappa shape index (κ2) is 6.27. The van der Waals surface area contributed by atoms with Crippen LogP contribution in [0.1, 0.15) is 30.3 Å². The molecule has 0 spiro atoms. The Morgan fingerprint density at radius 2 is 2.25 bits per heavy atom. The minimum atomic E-state index is -0.157. The van der Waals surface area contributed by atoms with Gasteiger partial charge in [-0.25, -0.2) is 0 Å². The third-order valence-corrected chi connectivity index (χ3v) is 2.39. The Morgan fingerprint density at radius 1 is 1.50 bits per heavy atom. The summed E-state index contributed by atoms with van der Waals surface area (Å²) < 4.78 is 4.83. The largest absolute Gasteiger partial charge is 0.466 e. The lowest BCUT2D eigenvalue weighted by molar-refractivity contribution is -0.142. The van der Waals surface area contributed by atoms with Crippen molar-refractivity contribution in [1.82, 2.24) is 15.5 Å². The van der Waals surface area contributed by atoms with Crippen LogP contribution in [-0.4, -0.2) is 29.3 Å². The van der Waals surface area contributed by atoms with E-state index in [9.17, 15) is 4.79 Å². The Balaban J connectivity index is 2.23. The lowest BCUT2D eigenvalue weighted by Crippen LogP contribution is -2.19. The molecule has 0 aromatic carbocycles. The number of hydrogen-bond acceptors (Lipinski definition) is 4. The number of carbonyl (C=O) groups excluding carboxylic acids is 1. The molecule has 5 nitrogen and oxygen atoms in total. The average Bonchev–Trinajstić information content (AvgIpc) is 2.55. The Labute approximate surface area is 95.6 Å². The van der Waals surface area contributed by atoms with Gasteiger partial charge in [-0.3, -0.25) is 9.89 Å². The highest BCUT2D eigenvalue weighted by Gasteiger charge is 2.06. The molecule has 0 unspecified atom stereocenters. The van der Waals surface area contributed by atoms with Crippen molar-refractivity contribution in [3.63, 3.8) is 0 Å². The smallest absolute Gasteiger partial charge is 0.307 e. The van der Waals surface area contributed by atoms with Crippen molar-refractivity contribution < 1.29 is 9.53 Å². The maximum Gasteiger partial charge on any atom is 0.307 e. The fourth-order valence-electron chi connectivity index (χ4n) is 1.47. The minimum absolute atomic E-state index is 0.157. The van der Waals surface area contributed by atoms with Gasteiger partial charge in [0.05, 0.1) is 18.7 Å². The number of ether oxygens (including phenoxy) is 1. The molecule has 1 aromatic heterocycles. The molecule has 0 saturated carbocycles. The van der Waals surface area contributed by atoms with Crippen LogP contribution in [0.5, 0.6) is 0 Å². The zero-order chi connectivity index (χ0) is 12.0. The number of hydrogen-bond donors (Lipinski definition) is 2. The minimum Gasteiger partial charge on any atom is -0.466 e. The third kappa shape index (κ3) is 3.66. The first-order valence-electron chi connectivity index (χ1n) is 5.52.